The Labute approximate surface area is 131 Å². The molecule has 2 aromatic carbocycles. The fraction of sp³-hybridized carbons (Fsp3) is 0.250. The highest BCUT2D eigenvalue weighted by Crippen LogP contribution is 2.33. The molecule has 0 radical (unpaired) electrons. The highest BCUT2D eigenvalue weighted by atomic mass is 16.2. The van der Waals surface area contributed by atoms with E-state index >= 15 is 0 Å². The third-order valence-corrected chi connectivity index (χ3v) is 4.79. The van der Waals surface area contributed by atoms with E-state index in [0.717, 1.165) is 30.4 Å². The minimum Gasteiger partial charge on any atom is -0.329 e. The molecule has 2 bridgehead atoms. The predicted octanol–water partition coefficient (Wildman–Crippen LogP) is 4.29. The van der Waals surface area contributed by atoms with Crippen LogP contribution in [-0.4, -0.2) is 22.9 Å². The summed E-state index contributed by atoms with van der Waals surface area (Å²) in [4.78, 5) is 14.9. The van der Waals surface area contributed by atoms with E-state index in [-0.39, 0.29) is 5.91 Å². The molecule has 4 rings (SSSR count). The number of rotatable bonds is 2. The molecule has 0 spiro atoms. The van der Waals surface area contributed by atoms with Crippen LogP contribution in [0.3, 0.4) is 0 Å². The van der Waals surface area contributed by atoms with Gasteiger partial charge < -0.3 is 4.90 Å². The Morgan fingerprint density at radius 2 is 1.64 bits per heavy atom. The van der Waals surface area contributed by atoms with Gasteiger partial charge in [0.25, 0.3) is 5.91 Å². The van der Waals surface area contributed by atoms with Crippen molar-refractivity contribution in [3.8, 4) is 11.1 Å². The summed E-state index contributed by atoms with van der Waals surface area (Å²) >= 11 is 0. The fourth-order valence-corrected chi connectivity index (χ4v) is 3.63. The average Bonchev–Trinajstić information content (AvgIpc) is 2.84. The Balaban J connectivity index is 1.59. The second-order valence-electron chi connectivity index (χ2n) is 6.12. The molecule has 0 N–H and O–H groups in total. The molecule has 2 atom stereocenters. The number of carbonyl (C=O) groups is 1. The van der Waals surface area contributed by atoms with Crippen molar-refractivity contribution in [2.24, 2.45) is 0 Å². The number of nitrogens with zero attached hydrogens (tertiary/aromatic N) is 1. The summed E-state index contributed by atoms with van der Waals surface area (Å²) in [5.74, 6) is 0.177. The van der Waals surface area contributed by atoms with Gasteiger partial charge in [0.2, 0.25) is 0 Å². The zero-order valence-corrected chi connectivity index (χ0v) is 12.5. The molecule has 0 saturated carbocycles. The van der Waals surface area contributed by atoms with Crippen molar-refractivity contribution in [3.05, 3.63) is 72.3 Å². The number of benzene rings is 2. The van der Waals surface area contributed by atoms with E-state index in [4.69, 9.17) is 0 Å². The summed E-state index contributed by atoms with van der Waals surface area (Å²) in [5, 5.41) is 0. The first-order valence-corrected chi connectivity index (χ1v) is 7.98. The maximum Gasteiger partial charge on any atom is 0.254 e. The molecule has 2 aliphatic heterocycles. The highest BCUT2D eigenvalue weighted by molar-refractivity contribution is 5.95. The maximum atomic E-state index is 12.8. The molecule has 0 aliphatic carbocycles. The van der Waals surface area contributed by atoms with Crippen LogP contribution in [0, 0.1) is 0 Å². The van der Waals surface area contributed by atoms with Crippen molar-refractivity contribution >= 4 is 5.91 Å². The van der Waals surface area contributed by atoms with Gasteiger partial charge in [0.1, 0.15) is 0 Å². The lowest BCUT2D eigenvalue weighted by atomic mass is 10.0. The molecule has 2 unspecified atom stereocenters. The maximum absolute atomic E-state index is 12.8. The van der Waals surface area contributed by atoms with Gasteiger partial charge in [-0.05, 0) is 42.5 Å². The Hall–Kier alpha value is -2.35. The van der Waals surface area contributed by atoms with E-state index < -0.39 is 0 Å². The fourth-order valence-electron chi connectivity index (χ4n) is 3.63. The zero-order valence-electron chi connectivity index (χ0n) is 12.5. The SMILES string of the molecule is O=C(c1ccc(-c2ccccc2)cc1)N1C2C=CCC1CC2. The lowest BCUT2D eigenvalue weighted by Crippen LogP contribution is -2.42. The number of hydrogen-bond acceptors (Lipinski definition) is 1. The molecule has 1 fully saturated rings. The molecule has 2 aliphatic rings. The van der Waals surface area contributed by atoms with Gasteiger partial charge in [-0.2, -0.15) is 0 Å². The van der Waals surface area contributed by atoms with E-state index in [1.807, 2.05) is 42.5 Å². The van der Waals surface area contributed by atoms with E-state index in [1.54, 1.807) is 0 Å². The molecule has 2 heterocycles. The number of hydrogen-bond donors (Lipinski definition) is 0. The summed E-state index contributed by atoms with van der Waals surface area (Å²) in [5.41, 5.74) is 3.13. The number of carbonyl (C=O) groups excluding carboxylic acids is 1. The van der Waals surface area contributed by atoms with Crippen LogP contribution in [0.5, 0.6) is 0 Å². The summed E-state index contributed by atoms with van der Waals surface area (Å²) < 4.78 is 0. The van der Waals surface area contributed by atoms with Crippen molar-refractivity contribution in [2.75, 3.05) is 0 Å². The minimum absolute atomic E-state index is 0.177. The average molecular weight is 289 g/mol. The van der Waals surface area contributed by atoms with Crippen LogP contribution < -0.4 is 0 Å². The largest absolute Gasteiger partial charge is 0.329 e. The molecule has 22 heavy (non-hydrogen) atoms. The summed E-state index contributed by atoms with van der Waals surface area (Å²) in [6.07, 6.45) is 7.66. The first-order chi connectivity index (χ1) is 10.8. The molecule has 1 saturated heterocycles. The van der Waals surface area contributed by atoms with Crippen molar-refractivity contribution in [1.29, 1.82) is 0 Å². The smallest absolute Gasteiger partial charge is 0.254 e. The van der Waals surface area contributed by atoms with Gasteiger partial charge in [-0.15, -0.1) is 0 Å². The first kappa shape index (κ1) is 13.3. The molecule has 2 nitrogen and oxygen atoms in total. The molecule has 110 valence electrons. The Morgan fingerprint density at radius 3 is 2.36 bits per heavy atom. The van der Waals surface area contributed by atoms with Crippen LogP contribution in [0.25, 0.3) is 11.1 Å². The van der Waals surface area contributed by atoms with Crippen LogP contribution in [0.15, 0.2) is 66.7 Å². The topological polar surface area (TPSA) is 20.3 Å². The van der Waals surface area contributed by atoms with E-state index in [2.05, 4.69) is 29.2 Å². The van der Waals surface area contributed by atoms with Gasteiger partial charge in [-0.3, -0.25) is 4.79 Å². The molecular formula is C20H19NO. The molecule has 2 aromatic rings. The highest BCUT2D eigenvalue weighted by Gasteiger charge is 2.37. The lowest BCUT2D eigenvalue weighted by Gasteiger charge is -2.31. The standard InChI is InChI=1S/C20H19NO/c22-20(21-18-7-4-8-19(21)14-13-18)17-11-9-16(10-12-17)15-5-2-1-3-6-15/h1-7,9-12,18-19H,8,13-14H2. The molecular weight excluding hydrogens is 270 g/mol. The number of amides is 1. The minimum atomic E-state index is 0.177. The third-order valence-electron chi connectivity index (χ3n) is 4.79. The molecule has 1 amide bonds. The summed E-state index contributed by atoms with van der Waals surface area (Å²) in [6.45, 7) is 0. The van der Waals surface area contributed by atoms with Crippen LogP contribution in [-0.2, 0) is 0 Å². The number of fused-ring (bicyclic) bond motifs is 2. The second kappa shape index (κ2) is 5.45. The van der Waals surface area contributed by atoms with E-state index in [9.17, 15) is 4.79 Å². The van der Waals surface area contributed by atoms with Crippen molar-refractivity contribution in [2.45, 2.75) is 31.3 Å². The summed E-state index contributed by atoms with van der Waals surface area (Å²) in [7, 11) is 0. The van der Waals surface area contributed by atoms with Gasteiger partial charge in [0, 0.05) is 11.6 Å². The Bertz CT molecular complexity index is 702. The van der Waals surface area contributed by atoms with Gasteiger partial charge in [-0.25, -0.2) is 0 Å². The van der Waals surface area contributed by atoms with Crippen LogP contribution >= 0.6 is 0 Å². The molecule has 0 aromatic heterocycles. The Kier molecular flexibility index (Phi) is 3.30. The van der Waals surface area contributed by atoms with Crippen LogP contribution in [0.1, 0.15) is 29.6 Å². The molecule has 2 heteroatoms. The first-order valence-electron chi connectivity index (χ1n) is 7.98. The van der Waals surface area contributed by atoms with Crippen LogP contribution in [0.4, 0.5) is 0 Å². The van der Waals surface area contributed by atoms with E-state index in [1.165, 1.54) is 5.56 Å². The second-order valence-corrected chi connectivity index (χ2v) is 6.12. The van der Waals surface area contributed by atoms with E-state index in [0.29, 0.717) is 12.1 Å². The predicted molar refractivity (Wildman–Crippen MR) is 88.6 cm³/mol. The monoisotopic (exact) mass is 289 g/mol. The lowest BCUT2D eigenvalue weighted by molar-refractivity contribution is 0.0689. The van der Waals surface area contributed by atoms with Gasteiger partial charge >= 0.3 is 0 Å². The van der Waals surface area contributed by atoms with Gasteiger partial charge in [-0.1, -0.05) is 54.6 Å². The third kappa shape index (κ3) is 2.25. The zero-order chi connectivity index (χ0) is 14.9. The van der Waals surface area contributed by atoms with Crippen LogP contribution in [0.2, 0.25) is 0 Å². The van der Waals surface area contributed by atoms with Crippen molar-refractivity contribution in [1.82, 2.24) is 4.90 Å². The summed E-state index contributed by atoms with van der Waals surface area (Å²) in [6, 6.07) is 19.0. The van der Waals surface area contributed by atoms with Gasteiger partial charge in [0.15, 0.2) is 0 Å². The van der Waals surface area contributed by atoms with Crippen molar-refractivity contribution in [3.63, 3.8) is 0 Å². The quantitative estimate of drug-likeness (QED) is 0.755. The Morgan fingerprint density at radius 1 is 0.909 bits per heavy atom. The van der Waals surface area contributed by atoms with Gasteiger partial charge in [0.05, 0.1) is 6.04 Å². The normalized spacial score (nSPS) is 22.8. The van der Waals surface area contributed by atoms with Crippen molar-refractivity contribution < 1.29 is 4.79 Å².